The maximum atomic E-state index is 12.3. The summed E-state index contributed by atoms with van der Waals surface area (Å²) in [5.74, 6) is 0.831. The van der Waals surface area contributed by atoms with Crippen molar-refractivity contribution in [2.24, 2.45) is 4.99 Å². The Morgan fingerprint density at radius 1 is 1.23 bits per heavy atom. The molecule has 0 bridgehead atoms. The molecular formula is C19H28ClIN4O. The lowest BCUT2D eigenvalue weighted by molar-refractivity contribution is -0.130. The van der Waals surface area contributed by atoms with Gasteiger partial charge < -0.3 is 15.5 Å². The molecule has 1 aliphatic heterocycles. The largest absolute Gasteiger partial charge is 0.356 e. The van der Waals surface area contributed by atoms with Crippen LogP contribution in [0.25, 0.3) is 0 Å². The van der Waals surface area contributed by atoms with Crippen LogP contribution in [0.3, 0.4) is 0 Å². The van der Waals surface area contributed by atoms with E-state index in [9.17, 15) is 4.79 Å². The Balaban J connectivity index is 0.00000243. The van der Waals surface area contributed by atoms with Gasteiger partial charge in [-0.15, -0.1) is 24.0 Å². The fourth-order valence-electron chi connectivity index (χ4n) is 3.42. The second-order valence-electron chi connectivity index (χ2n) is 7.01. The lowest BCUT2D eigenvalue weighted by atomic mass is 9.96. The van der Waals surface area contributed by atoms with Crippen molar-refractivity contribution >= 4 is 47.4 Å². The number of hydrogen-bond acceptors (Lipinski definition) is 2. The molecule has 3 rings (SSSR count). The molecule has 0 spiro atoms. The molecule has 1 saturated carbocycles. The quantitative estimate of drug-likeness (QED) is 0.379. The first kappa shape index (κ1) is 21.3. The average Bonchev–Trinajstić information content (AvgIpc) is 3.43. The van der Waals surface area contributed by atoms with Gasteiger partial charge in [0.25, 0.3) is 0 Å². The van der Waals surface area contributed by atoms with E-state index in [4.69, 9.17) is 11.6 Å². The summed E-state index contributed by atoms with van der Waals surface area (Å²) in [5.41, 5.74) is 1.41. The Morgan fingerprint density at radius 2 is 1.96 bits per heavy atom. The van der Waals surface area contributed by atoms with Crippen LogP contribution in [0.15, 0.2) is 29.3 Å². The molecule has 0 aromatic heterocycles. The third kappa shape index (κ3) is 5.49. The fourth-order valence-corrected chi connectivity index (χ4v) is 3.62. The van der Waals surface area contributed by atoms with Gasteiger partial charge in [0.05, 0.1) is 6.54 Å². The SMILES string of the molecule is CN=C(NCC(=O)N1CCCCC1)NCC1(c2cccc(Cl)c2)CC1.I. The Kier molecular flexibility index (Phi) is 8.01. The maximum absolute atomic E-state index is 12.3. The Labute approximate surface area is 178 Å². The Morgan fingerprint density at radius 3 is 2.58 bits per heavy atom. The molecule has 2 N–H and O–H groups in total. The fraction of sp³-hybridized carbons (Fsp3) is 0.579. The smallest absolute Gasteiger partial charge is 0.241 e. The molecular weight excluding hydrogens is 463 g/mol. The van der Waals surface area contributed by atoms with Crippen molar-refractivity contribution in [1.29, 1.82) is 0 Å². The van der Waals surface area contributed by atoms with Crippen LogP contribution in [0.2, 0.25) is 5.02 Å². The number of amides is 1. The van der Waals surface area contributed by atoms with Gasteiger partial charge in [0.2, 0.25) is 5.91 Å². The lowest BCUT2D eigenvalue weighted by Crippen LogP contribution is -2.47. The van der Waals surface area contributed by atoms with Crippen molar-refractivity contribution in [3.8, 4) is 0 Å². The minimum absolute atomic E-state index is 0. The molecule has 1 aromatic carbocycles. The first-order chi connectivity index (χ1) is 12.1. The van der Waals surface area contributed by atoms with Crippen LogP contribution in [-0.4, -0.2) is 50.0 Å². The van der Waals surface area contributed by atoms with Gasteiger partial charge in [-0.3, -0.25) is 9.79 Å². The van der Waals surface area contributed by atoms with Crippen LogP contribution in [0.4, 0.5) is 0 Å². The number of nitrogens with one attached hydrogen (secondary N) is 2. The second kappa shape index (κ2) is 9.78. The molecule has 144 valence electrons. The zero-order valence-electron chi connectivity index (χ0n) is 15.3. The number of carbonyl (C=O) groups excluding carboxylic acids is 1. The van der Waals surface area contributed by atoms with Gasteiger partial charge in [-0.25, -0.2) is 0 Å². The van der Waals surface area contributed by atoms with E-state index in [0.29, 0.717) is 12.5 Å². The van der Waals surface area contributed by atoms with E-state index in [0.717, 1.165) is 50.3 Å². The minimum atomic E-state index is 0. The highest BCUT2D eigenvalue weighted by Gasteiger charge is 2.44. The zero-order valence-corrected chi connectivity index (χ0v) is 18.3. The van der Waals surface area contributed by atoms with E-state index in [2.05, 4.69) is 21.7 Å². The summed E-state index contributed by atoms with van der Waals surface area (Å²) in [5, 5.41) is 7.30. The van der Waals surface area contributed by atoms with Gasteiger partial charge in [0.15, 0.2) is 5.96 Å². The van der Waals surface area contributed by atoms with Crippen molar-refractivity contribution in [3.05, 3.63) is 34.9 Å². The zero-order chi connectivity index (χ0) is 17.7. The molecule has 26 heavy (non-hydrogen) atoms. The summed E-state index contributed by atoms with van der Waals surface area (Å²) < 4.78 is 0. The normalized spacial score (nSPS) is 18.7. The van der Waals surface area contributed by atoms with Gasteiger partial charge in [0.1, 0.15) is 0 Å². The highest BCUT2D eigenvalue weighted by atomic mass is 127. The molecule has 0 radical (unpaired) electrons. The van der Waals surface area contributed by atoms with E-state index in [1.807, 2.05) is 23.1 Å². The van der Waals surface area contributed by atoms with Crippen LogP contribution in [0.1, 0.15) is 37.7 Å². The van der Waals surface area contributed by atoms with Gasteiger partial charge in [-0.1, -0.05) is 23.7 Å². The Hall–Kier alpha value is -1.02. The highest BCUT2D eigenvalue weighted by Crippen LogP contribution is 2.48. The minimum Gasteiger partial charge on any atom is -0.356 e. The molecule has 2 fully saturated rings. The number of rotatable bonds is 5. The molecule has 1 aliphatic carbocycles. The number of benzene rings is 1. The first-order valence-electron chi connectivity index (χ1n) is 9.11. The molecule has 1 aromatic rings. The van der Waals surface area contributed by atoms with E-state index in [1.54, 1.807) is 7.05 Å². The highest BCUT2D eigenvalue weighted by molar-refractivity contribution is 14.0. The maximum Gasteiger partial charge on any atom is 0.241 e. The number of guanidine groups is 1. The molecule has 1 amide bonds. The average molecular weight is 491 g/mol. The van der Waals surface area contributed by atoms with Crippen LogP contribution in [0, 0.1) is 0 Å². The number of halogens is 2. The molecule has 0 unspecified atom stereocenters. The summed E-state index contributed by atoms with van der Waals surface area (Å²) in [6.07, 6.45) is 5.74. The van der Waals surface area contributed by atoms with Crippen LogP contribution >= 0.6 is 35.6 Å². The Bertz CT molecular complexity index is 642. The number of carbonyl (C=O) groups is 1. The third-order valence-electron chi connectivity index (χ3n) is 5.22. The summed E-state index contributed by atoms with van der Waals surface area (Å²) in [7, 11) is 1.74. The van der Waals surface area contributed by atoms with Gasteiger partial charge in [-0.2, -0.15) is 0 Å². The predicted octanol–water partition coefficient (Wildman–Crippen LogP) is 3.17. The van der Waals surface area contributed by atoms with E-state index in [1.165, 1.54) is 12.0 Å². The molecule has 7 heteroatoms. The number of piperidine rings is 1. The van der Waals surface area contributed by atoms with Crippen molar-refractivity contribution in [2.75, 3.05) is 33.2 Å². The first-order valence-corrected chi connectivity index (χ1v) is 9.49. The van der Waals surface area contributed by atoms with Gasteiger partial charge >= 0.3 is 0 Å². The summed E-state index contributed by atoms with van der Waals surface area (Å²) in [6, 6.07) is 8.09. The number of likely N-dealkylation sites (tertiary alicyclic amines) is 1. The molecule has 2 aliphatic rings. The van der Waals surface area contributed by atoms with Crippen molar-refractivity contribution in [2.45, 2.75) is 37.5 Å². The van der Waals surface area contributed by atoms with Gasteiger partial charge in [-0.05, 0) is 49.8 Å². The van der Waals surface area contributed by atoms with E-state index >= 15 is 0 Å². The van der Waals surface area contributed by atoms with Crippen LogP contribution in [-0.2, 0) is 10.2 Å². The summed E-state index contributed by atoms with van der Waals surface area (Å²) in [4.78, 5) is 18.4. The van der Waals surface area contributed by atoms with E-state index in [-0.39, 0.29) is 35.3 Å². The standard InChI is InChI=1S/C19H27ClN4O.HI/c1-21-18(22-13-17(25)24-10-3-2-4-11-24)23-14-19(8-9-19)15-6-5-7-16(20)12-15;/h5-7,12H,2-4,8-11,13-14H2,1H3,(H2,21,22,23);1H. The van der Waals surface area contributed by atoms with Crippen LogP contribution < -0.4 is 10.6 Å². The summed E-state index contributed by atoms with van der Waals surface area (Å²) >= 11 is 6.13. The predicted molar refractivity (Wildman–Crippen MR) is 118 cm³/mol. The van der Waals surface area contributed by atoms with Gasteiger partial charge in [0, 0.05) is 37.1 Å². The molecule has 0 atom stereocenters. The van der Waals surface area contributed by atoms with Crippen molar-refractivity contribution in [3.63, 3.8) is 0 Å². The monoisotopic (exact) mass is 490 g/mol. The number of aliphatic imine (C=N–C) groups is 1. The molecule has 1 heterocycles. The number of nitrogens with zero attached hydrogens (tertiary/aromatic N) is 2. The number of hydrogen-bond donors (Lipinski definition) is 2. The lowest BCUT2D eigenvalue weighted by Gasteiger charge is -2.27. The summed E-state index contributed by atoms with van der Waals surface area (Å²) in [6.45, 7) is 2.85. The van der Waals surface area contributed by atoms with Crippen LogP contribution in [0.5, 0.6) is 0 Å². The van der Waals surface area contributed by atoms with E-state index < -0.39 is 0 Å². The topological polar surface area (TPSA) is 56.7 Å². The molecule has 5 nitrogen and oxygen atoms in total. The molecule has 1 saturated heterocycles. The van der Waals surface area contributed by atoms with Crippen molar-refractivity contribution < 1.29 is 4.79 Å². The van der Waals surface area contributed by atoms with Crippen molar-refractivity contribution in [1.82, 2.24) is 15.5 Å². The third-order valence-corrected chi connectivity index (χ3v) is 5.46. The second-order valence-corrected chi connectivity index (χ2v) is 7.45.